The first-order chi connectivity index (χ1) is 35.7. The molecule has 422 valence electrons. The molecular formula is C47H61BrCl3N11O13S2. The highest BCUT2D eigenvalue weighted by Gasteiger charge is 2.50. The van der Waals surface area contributed by atoms with Crippen LogP contribution in [-0.2, 0) is 51.1 Å². The molecule has 10 aliphatic rings. The zero-order valence-corrected chi connectivity index (χ0v) is 47.2. The van der Waals surface area contributed by atoms with Gasteiger partial charge in [-0.25, -0.2) is 32.3 Å². The molecule has 24 nitrogen and oxygen atoms in total. The Morgan fingerprint density at radius 1 is 0.675 bits per heavy atom. The number of benzene rings is 1. The zero-order valence-electron chi connectivity index (χ0n) is 41.7. The molecule has 30 heteroatoms. The van der Waals surface area contributed by atoms with Crippen LogP contribution in [0.5, 0.6) is 29.3 Å². The van der Waals surface area contributed by atoms with E-state index in [0.717, 1.165) is 87.6 Å². The Balaban J connectivity index is 0.000000129. The number of ketones is 1. The maximum Gasteiger partial charge on any atom is 0.346 e. The molecule has 5 fully saturated rings. The molecule has 4 aromatic heterocycles. The standard InChI is InChI=1S/C14H11Cl3N2O4S.C8H9BrN2O.C8H11N3O3S.C8H10N2O.C5H10O2.C4H5NO.H3N.H2O/c15-8-3-9(16)12(10(17)4-8)23-24(20,21)11-5-18-19-6-14(1-2-14)7-22-13(11)19;9-6-3-10-11-4-8(1-2-8)5-12-7(6)11;9-15(12,13)6-3-10-11-4-8(1-2-8)5-14-7(6)11;1-4-9-10-5-8(2-3-8)6-11-7(1)10;6-3-5(4-7)1-2-5;6-4-1-2-5-3-4;;/h3-5H,1-2,6-7H2;3H,1-2,4-5H2;3H,1-2,4-5H2,(H2,9,12,13);1,4H,2-3,5-6H2;6-7H,1-4H2;1-2,5H,3H2;1H3;1H2. The van der Waals surface area contributed by atoms with Crippen LogP contribution >= 0.6 is 50.7 Å². The highest BCUT2D eigenvalue weighted by atomic mass is 79.9. The van der Waals surface area contributed by atoms with Gasteiger partial charge in [0.05, 0.1) is 112 Å². The van der Waals surface area contributed by atoms with E-state index in [1.807, 2.05) is 15.4 Å². The molecule has 0 amide bonds. The van der Waals surface area contributed by atoms with Gasteiger partial charge in [0.25, 0.3) is 0 Å². The molecule has 0 radical (unpaired) electrons. The van der Waals surface area contributed by atoms with Gasteiger partial charge in [-0.2, -0.15) is 28.8 Å². The van der Waals surface area contributed by atoms with Gasteiger partial charge in [-0.1, -0.05) is 34.8 Å². The molecule has 0 bridgehead atoms. The Bertz CT molecular complexity index is 3190. The predicted molar refractivity (Wildman–Crippen MR) is 283 cm³/mol. The van der Waals surface area contributed by atoms with Crippen molar-refractivity contribution in [2.24, 2.45) is 32.2 Å². The van der Waals surface area contributed by atoms with Gasteiger partial charge in [-0.05, 0) is 98.3 Å². The monoisotopic (exact) mass is 1240 g/mol. The number of sulfonamides is 1. The zero-order chi connectivity index (χ0) is 53.0. The lowest BCUT2D eigenvalue weighted by molar-refractivity contribution is -0.113. The number of carbonyl (C=O) groups excluding carboxylic acids is 1. The van der Waals surface area contributed by atoms with E-state index in [4.69, 9.17) is 73.3 Å². The van der Waals surface area contributed by atoms with Crippen LogP contribution in [0.1, 0.15) is 64.2 Å². The van der Waals surface area contributed by atoms with Crippen LogP contribution in [0.2, 0.25) is 15.1 Å². The van der Waals surface area contributed by atoms with Gasteiger partial charge in [-0.3, -0.25) is 4.79 Å². The van der Waals surface area contributed by atoms with Crippen LogP contribution < -0.4 is 39.7 Å². The summed E-state index contributed by atoms with van der Waals surface area (Å²) in [6.45, 7) is 7.09. The number of halogens is 4. The number of carbonyl (C=O) groups is 1. The summed E-state index contributed by atoms with van der Waals surface area (Å²) in [5, 5.41) is 41.6. The molecule has 5 saturated carbocycles. The van der Waals surface area contributed by atoms with Crippen molar-refractivity contribution in [1.29, 1.82) is 0 Å². The quantitative estimate of drug-likeness (QED) is 0.138. The summed E-state index contributed by atoms with van der Waals surface area (Å²) in [5.41, 5.74) is 1.16. The number of aliphatic hydroxyl groups excluding tert-OH is 2. The molecule has 0 atom stereocenters. The summed E-state index contributed by atoms with van der Waals surface area (Å²) in [6, 6.07) is 4.62. The Kier molecular flexibility index (Phi) is 17.1. The summed E-state index contributed by atoms with van der Waals surface area (Å²) in [4.78, 5) is 9.93. The van der Waals surface area contributed by atoms with Crippen molar-refractivity contribution >= 4 is 76.7 Å². The summed E-state index contributed by atoms with van der Waals surface area (Å²) in [5.74, 6) is 2.27. The van der Waals surface area contributed by atoms with E-state index < -0.39 is 20.1 Å². The maximum absolute atomic E-state index is 12.6. The lowest BCUT2D eigenvalue weighted by Crippen LogP contribution is -2.28. The first-order valence-corrected chi connectivity index (χ1v) is 29.2. The van der Waals surface area contributed by atoms with Crippen molar-refractivity contribution in [3.8, 4) is 29.3 Å². The SMILES string of the molecule is Brc1cnn2c1OCC1(CC1)C2.N.NS(=O)(=O)c1cnn2c1OCC1(CC1)C2.O.O=C1C=CNC1.O=S(=O)(Oc1c(Cl)cc(Cl)cc1Cl)c1cnn2c1OCC1(CC1)C2.OCC1(CO)CC1.c1cc2n(n1)CC1(CC1)CO2. The van der Waals surface area contributed by atoms with Gasteiger partial charge >= 0.3 is 10.1 Å². The Labute approximate surface area is 467 Å². The molecule has 4 spiro atoms. The van der Waals surface area contributed by atoms with E-state index in [9.17, 15) is 21.6 Å². The van der Waals surface area contributed by atoms with Crippen LogP contribution in [-0.4, -0.2) is 124 Å². The third-order valence-corrected chi connectivity index (χ3v) is 18.2. The summed E-state index contributed by atoms with van der Waals surface area (Å²) in [7, 11) is -7.93. The molecule has 0 unspecified atom stereocenters. The number of rotatable bonds is 6. The molecule has 10 N–H and O–H groups in total. The molecule has 5 aliphatic heterocycles. The topological polar surface area (TPSA) is 348 Å². The second-order valence-corrected chi connectivity index (χ2v) is 26.3. The second kappa shape index (κ2) is 22.5. The second-order valence-electron chi connectivity index (χ2n) is 21.2. The van der Waals surface area contributed by atoms with Crippen molar-refractivity contribution in [1.82, 2.24) is 50.6 Å². The number of aliphatic hydroxyl groups is 2. The number of hydrogen-bond acceptors (Lipinski definition) is 18. The highest BCUT2D eigenvalue weighted by Crippen LogP contribution is 2.53. The van der Waals surface area contributed by atoms with Gasteiger partial charge in [0.2, 0.25) is 33.5 Å². The van der Waals surface area contributed by atoms with E-state index in [0.29, 0.717) is 37.1 Å². The van der Waals surface area contributed by atoms with E-state index in [2.05, 4.69) is 41.6 Å². The number of ether oxygens (including phenoxy) is 4. The van der Waals surface area contributed by atoms with E-state index in [-0.39, 0.29) is 89.2 Å². The van der Waals surface area contributed by atoms with Gasteiger partial charge in [0.15, 0.2) is 21.3 Å². The number of nitrogens with one attached hydrogen (secondary N) is 1. The van der Waals surface area contributed by atoms with Gasteiger partial charge < -0.3 is 50.3 Å². The van der Waals surface area contributed by atoms with Gasteiger partial charge in [0, 0.05) is 44.4 Å². The van der Waals surface area contributed by atoms with Crippen molar-refractivity contribution in [3.63, 3.8) is 0 Å². The molecule has 0 saturated heterocycles. The lowest BCUT2D eigenvalue weighted by Gasteiger charge is -2.24. The largest absolute Gasteiger partial charge is 0.477 e. The Morgan fingerprint density at radius 2 is 1.13 bits per heavy atom. The number of hydrogen-bond donors (Lipinski definition) is 5. The minimum Gasteiger partial charge on any atom is -0.477 e. The van der Waals surface area contributed by atoms with E-state index in [1.54, 1.807) is 28.0 Å². The summed E-state index contributed by atoms with van der Waals surface area (Å²) in [6.07, 6.45) is 20.8. The van der Waals surface area contributed by atoms with E-state index in [1.165, 1.54) is 56.3 Å². The molecule has 5 aromatic rings. The Morgan fingerprint density at radius 3 is 1.56 bits per heavy atom. The van der Waals surface area contributed by atoms with Crippen LogP contribution in [0.4, 0.5) is 0 Å². The number of nitrogens with two attached hydrogens (primary N) is 1. The van der Waals surface area contributed by atoms with Crippen molar-refractivity contribution in [2.75, 3.05) is 46.2 Å². The fourth-order valence-electron chi connectivity index (χ4n) is 8.70. The molecule has 1 aromatic carbocycles. The molecule has 15 rings (SSSR count). The smallest absolute Gasteiger partial charge is 0.346 e. The van der Waals surface area contributed by atoms with Gasteiger partial charge in [-0.15, -0.1) is 0 Å². The highest BCUT2D eigenvalue weighted by molar-refractivity contribution is 9.10. The minimum atomic E-state index is -4.21. The molecule has 9 heterocycles. The first kappa shape index (κ1) is 58.5. The summed E-state index contributed by atoms with van der Waals surface area (Å²) >= 11 is 21.2. The molecule has 5 aliphatic carbocycles. The predicted octanol–water partition coefficient (Wildman–Crippen LogP) is 5.12. The van der Waals surface area contributed by atoms with Crippen LogP contribution in [0, 0.1) is 27.1 Å². The maximum atomic E-state index is 12.6. The van der Waals surface area contributed by atoms with Crippen LogP contribution in [0.3, 0.4) is 0 Å². The minimum absolute atomic E-state index is 0. The molecular weight excluding hydrogens is 1180 g/mol. The first-order valence-electron chi connectivity index (χ1n) is 24.3. The van der Waals surface area contributed by atoms with Crippen LogP contribution in [0.15, 0.2) is 69.5 Å². The Hall–Kier alpha value is -4.68. The summed E-state index contributed by atoms with van der Waals surface area (Å²) < 4.78 is 83.0. The van der Waals surface area contributed by atoms with Crippen molar-refractivity contribution < 1.29 is 60.4 Å². The number of primary sulfonamides is 1. The van der Waals surface area contributed by atoms with Crippen molar-refractivity contribution in [3.05, 3.63) is 74.8 Å². The molecule has 77 heavy (non-hydrogen) atoms. The number of nitrogens with zero attached hydrogens (tertiary/aromatic N) is 8. The van der Waals surface area contributed by atoms with Crippen molar-refractivity contribution in [2.45, 2.75) is 100 Å². The lowest BCUT2D eigenvalue weighted by atomic mass is 10.1. The fourth-order valence-corrected chi connectivity index (χ4v) is 11.7. The third-order valence-electron chi connectivity index (χ3n) is 14.8. The average molecular weight is 1240 g/mol. The van der Waals surface area contributed by atoms with Crippen LogP contribution in [0.25, 0.3) is 0 Å². The number of fused-ring (bicyclic) bond motifs is 4. The van der Waals surface area contributed by atoms with Gasteiger partial charge in [0.1, 0.15) is 0 Å². The third kappa shape index (κ3) is 13.5. The fraction of sp³-hybridized carbons (Fsp3) is 0.553. The average Bonchev–Trinajstić information content (AvgIpc) is 4.37. The normalized spacial score (nSPS) is 20.8. The van der Waals surface area contributed by atoms with E-state index >= 15 is 0 Å². The number of aromatic nitrogens is 8.